The van der Waals surface area contributed by atoms with E-state index in [4.69, 9.17) is 9.73 Å². The Balaban J connectivity index is 1.74. The largest absolute Gasteiger partial charge is 0.494 e. The lowest BCUT2D eigenvalue weighted by molar-refractivity contribution is 0.340. The van der Waals surface area contributed by atoms with E-state index in [9.17, 15) is 0 Å². The molecule has 0 amide bonds. The van der Waals surface area contributed by atoms with Gasteiger partial charge in [0.25, 0.3) is 0 Å². The maximum atomic E-state index is 5.71. The molecule has 0 aliphatic rings. The zero-order chi connectivity index (χ0) is 24.9. The van der Waals surface area contributed by atoms with Crippen LogP contribution in [0.2, 0.25) is 0 Å². The molecule has 0 radical (unpaired) electrons. The van der Waals surface area contributed by atoms with E-state index >= 15 is 0 Å². The van der Waals surface area contributed by atoms with Crippen LogP contribution in [0.3, 0.4) is 0 Å². The summed E-state index contributed by atoms with van der Waals surface area (Å²) in [5, 5.41) is 0. The van der Waals surface area contributed by atoms with Crippen molar-refractivity contribution in [1.29, 1.82) is 0 Å². The molecule has 1 heterocycles. The SMILES string of the molecule is CCOc1ccc(-n2c(-c3ccccc3)cc(C=Nc3ccc(Br)cc3C)c2-c2ccccc2)cc1. The van der Waals surface area contributed by atoms with Gasteiger partial charge in [-0.1, -0.05) is 76.6 Å². The molecule has 178 valence electrons. The Morgan fingerprint density at radius 1 is 0.806 bits per heavy atom. The number of benzene rings is 4. The monoisotopic (exact) mass is 534 g/mol. The van der Waals surface area contributed by atoms with Crippen molar-refractivity contribution in [3.8, 4) is 34.0 Å². The lowest BCUT2D eigenvalue weighted by Gasteiger charge is -2.15. The van der Waals surface area contributed by atoms with Crippen LogP contribution in [0, 0.1) is 6.92 Å². The fourth-order valence-corrected chi connectivity index (χ4v) is 4.85. The van der Waals surface area contributed by atoms with E-state index < -0.39 is 0 Å². The molecule has 5 aromatic rings. The van der Waals surface area contributed by atoms with Gasteiger partial charge in [0, 0.05) is 21.9 Å². The summed E-state index contributed by atoms with van der Waals surface area (Å²) in [7, 11) is 0. The number of hydrogen-bond donors (Lipinski definition) is 0. The van der Waals surface area contributed by atoms with Gasteiger partial charge in [-0.15, -0.1) is 0 Å². The Labute approximate surface area is 220 Å². The summed E-state index contributed by atoms with van der Waals surface area (Å²) in [5.74, 6) is 0.864. The van der Waals surface area contributed by atoms with Crippen LogP contribution >= 0.6 is 15.9 Å². The summed E-state index contributed by atoms with van der Waals surface area (Å²) in [6, 6.07) is 37.7. The molecule has 0 aliphatic carbocycles. The molecule has 0 saturated carbocycles. The van der Waals surface area contributed by atoms with E-state index in [0.717, 1.165) is 55.2 Å². The van der Waals surface area contributed by atoms with Gasteiger partial charge in [-0.2, -0.15) is 0 Å². The molecular weight excluding hydrogens is 508 g/mol. The van der Waals surface area contributed by atoms with Gasteiger partial charge in [0.05, 0.1) is 23.7 Å². The molecule has 4 aromatic carbocycles. The van der Waals surface area contributed by atoms with Crippen molar-refractivity contribution >= 4 is 27.8 Å². The van der Waals surface area contributed by atoms with Gasteiger partial charge in [0.1, 0.15) is 5.75 Å². The first kappa shape index (κ1) is 23.8. The molecule has 36 heavy (non-hydrogen) atoms. The fourth-order valence-electron chi connectivity index (χ4n) is 4.37. The molecule has 0 N–H and O–H groups in total. The summed E-state index contributed by atoms with van der Waals surface area (Å²) < 4.78 is 9.07. The second kappa shape index (κ2) is 10.8. The third-order valence-corrected chi connectivity index (χ3v) is 6.55. The highest BCUT2D eigenvalue weighted by molar-refractivity contribution is 9.10. The highest BCUT2D eigenvalue weighted by Crippen LogP contribution is 2.36. The first-order valence-electron chi connectivity index (χ1n) is 12.0. The number of aromatic nitrogens is 1. The first-order valence-corrected chi connectivity index (χ1v) is 12.8. The Kier molecular flexibility index (Phi) is 7.15. The lowest BCUT2D eigenvalue weighted by atomic mass is 10.1. The number of nitrogens with zero attached hydrogens (tertiary/aromatic N) is 2. The molecule has 5 rings (SSSR count). The Morgan fingerprint density at radius 3 is 2.11 bits per heavy atom. The van der Waals surface area contributed by atoms with E-state index in [-0.39, 0.29) is 0 Å². The quantitative estimate of drug-likeness (QED) is 0.191. The average molecular weight is 535 g/mol. The number of aliphatic imine (C=N–C) groups is 1. The van der Waals surface area contributed by atoms with Crippen molar-refractivity contribution in [2.75, 3.05) is 6.61 Å². The maximum absolute atomic E-state index is 5.71. The summed E-state index contributed by atoms with van der Waals surface area (Å²) in [4.78, 5) is 4.90. The van der Waals surface area contributed by atoms with Crippen molar-refractivity contribution in [3.05, 3.63) is 125 Å². The molecule has 0 saturated heterocycles. The van der Waals surface area contributed by atoms with E-state index in [2.05, 4.69) is 100 Å². The minimum Gasteiger partial charge on any atom is -0.494 e. The van der Waals surface area contributed by atoms with Crippen molar-refractivity contribution in [2.45, 2.75) is 13.8 Å². The van der Waals surface area contributed by atoms with Crippen LogP contribution in [0.15, 0.2) is 119 Å². The van der Waals surface area contributed by atoms with Gasteiger partial charge < -0.3 is 9.30 Å². The first-order chi connectivity index (χ1) is 17.6. The normalized spacial score (nSPS) is 11.2. The molecule has 0 fully saturated rings. The summed E-state index contributed by atoms with van der Waals surface area (Å²) in [6.45, 7) is 4.72. The predicted octanol–water partition coefficient (Wildman–Crippen LogP) is 9.03. The molecule has 0 aliphatic heterocycles. The second-order valence-electron chi connectivity index (χ2n) is 8.52. The van der Waals surface area contributed by atoms with Gasteiger partial charge in [-0.3, -0.25) is 4.99 Å². The Bertz CT molecular complexity index is 1490. The molecule has 0 spiro atoms. The van der Waals surface area contributed by atoms with Gasteiger partial charge in [-0.05, 0) is 79.1 Å². The Morgan fingerprint density at radius 2 is 1.47 bits per heavy atom. The molecule has 4 heteroatoms. The smallest absolute Gasteiger partial charge is 0.119 e. The van der Waals surface area contributed by atoms with E-state index in [1.54, 1.807) is 0 Å². The number of aryl methyl sites for hydroxylation is 1. The van der Waals surface area contributed by atoms with Crippen molar-refractivity contribution in [2.24, 2.45) is 4.99 Å². The third-order valence-electron chi connectivity index (χ3n) is 6.05. The summed E-state index contributed by atoms with van der Waals surface area (Å²) in [5.41, 5.74) is 8.66. The highest BCUT2D eigenvalue weighted by atomic mass is 79.9. The standard InChI is InChI=1S/C32H27BrN2O/c1-3-36-29-17-15-28(16-18-29)35-31(24-10-6-4-7-11-24)21-26(32(35)25-12-8-5-9-13-25)22-34-30-19-14-27(33)20-23(30)2/h4-22H,3H2,1-2H3. The minimum atomic E-state index is 0.642. The number of rotatable bonds is 7. The predicted molar refractivity (Wildman–Crippen MR) is 154 cm³/mol. The highest BCUT2D eigenvalue weighted by Gasteiger charge is 2.18. The molecule has 3 nitrogen and oxygen atoms in total. The van der Waals surface area contributed by atoms with Crippen LogP contribution in [0.25, 0.3) is 28.2 Å². The minimum absolute atomic E-state index is 0.642. The third kappa shape index (κ3) is 5.05. The average Bonchev–Trinajstić information content (AvgIpc) is 3.29. The van der Waals surface area contributed by atoms with Gasteiger partial charge in [-0.25, -0.2) is 0 Å². The molecule has 0 unspecified atom stereocenters. The fraction of sp³-hybridized carbons (Fsp3) is 0.0938. The molecule has 0 bridgehead atoms. The second-order valence-corrected chi connectivity index (χ2v) is 9.43. The van der Waals surface area contributed by atoms with Crippen LogP contribution in [-0.4, -0.2) is 17.4 Å². The molecule has 0 atom stereocenters. The van der Waals surface area contributed by atoms with Crippen molar-refractivity contribution in [3.63, 3.8) is 0 Å². The summed E-state index contributed by atoms with van der Waals surface area (Å²) in [6.07, 6.45) is 1.98. The lowest BCUT2D eigenvalue weighted by Crippen LogP contribution is -2.01. The zero-order valence-electron chi connectivity index (χ0n) is 20.4. The maximum Gasteiger partial charge on any atom is 0.119 e. The summed E-state index contributed by atoms with van der Waals surface area (Å²) >= 11 is 3.55. The molecule has 1 aromatic heterocycles. The van der Waals surface area contributed by atoms with Crippen molar-refractivity contribution in [1.82, 2.24) is 4.57 Å². The number of ether oxygens (including phenoxy) is 1. The number of hydrogen-bond acceptors (Lipinski definition) is 2. The van der Waals surface area contributed by atoms with E-state index in [1.807, 2.05) is 49.5 Å². The molecular formula is C32H27BrN2O. The van der Waals surface area contributed by atoms with Gasteiger partial charge in [0.2, 0.25) is 0 Å². The van der Waals surface area contributed by atoms with Crippen molar-refractivity contribution < 1.29 is 4.74 Å². The van der Waals surface area contributed by atoms with Crippen LogP contribution < -0.4 is 4.74 Å². The Hall–Kier alpha value is -3.89. The van der Waals surface area contributed by atoms with Crippen LogP contribution in [0.4, 0.5) is 5.69 Å². The van der Waals surface area contributed by atoms with Gasteiger partial charge >= 0.3 is 0 Å². The van der Waals surface area contributed by atoms with Gasteiger partial charge in [0.15, 0.2) is 0 Å². The van der Waals surface area contributed by atoms with Crippen LogP contribution in [-0.2, 0) is 0 Å². The zero-order valence-corrected chi connectivity index (χ0v) is 21.9. The van der Waals surface area contributed by atoms with E-state index in [1.165, 1.54) is 0 Å². The number of halogens is 1. The van der Waals surface area contributed by atoms with Crippen LogP contribution in [0.1, 0.15) is 18.1 Å². The topological polar surface area (TPSA) is 26.5 Å². The van der Waals surface area contributed by atoms with E-state index in [0.29, 0.717) is 6.61 Å². The van der Waals surface area contributed by atoms with Crippen LogP contribution in [0.5, 0.6) is 5.75 Å².